The van der Waals surface area contributed by atoms with Crippen LogP contribution in [0.5, 0.6) is 0 Å². The van der Waals surface area contributed by atoms with E-state index in [0.29, 0.717) is 6.61 Å². The molecule has 0 atom stereocenters. The minimum absolute atomic E-state index is 0.00643. The molecule has 0 heterocycles. The van der Waals surface area contributed by atoms with E-state index in [1.807, 2.05) is 0 Å². The van der Waals surface area contributed by atoms with Crippen molar-refractivity contribution in [3.8, 4) is 11.1 Å². The lowest BCUT2D eigenvalue weighted by Gasteiger charge is -2.12. The Bertz CT molecular complexity index is 1020. The summed E-state index contributed by atoms with van der Waals surface area (Å²) in [7, 11) is 0. The minimum Gasteiger partial charge on any atom is -0.478 e. The van der Waals surface area contributed by atoms with E-state index in [4.69, 9.17) is 22.4 Å². The van der Waals surface area contributed by atoms with E-state index in [1.54, 1.807) is 6.92 Å². The van der Waals surface area contributed by atoms with E-state index in [1.165, 1.54) is 31.2 Å². The van der Waals surface area contributed by atoms with Gasteiger partial charge in [0.05, 0.1) is 17.7 Å². The number of carbonyl (C=O) groups excluding carboxylic acids is 1. The van der Waals surface area contributed by atoms with Gasteiger partial charge in [-0.1, -0.05) is 17.7 Å². The summed E-state index contributed by atoms with van der Waals surface area (Å²) in [5.74, 6) is -3.23. The first-order chi connectivity index (χ1) is 14.5. The fourth-order valence-corrected chi connectivity index (χ4v) is 2.64. The van der Waals surface area contributed by atoms with E-state index in [-0.39, 0.29) is 38.0 Å². The maximum Gasteiger partial charge on any atom is 0.425 e. The normalized spacial score (nSPS) is 9.68. The largest absolute Gasteiger partial charge is 0.478 e. The Morgan fingerprint density at radius 2 is 1.74 bits per heavy atom. The number of nitrogens with two attached hydrogens (primary N) is 1. The van der Waals surface area contributed by atoms with Crippen LogP contribution in [0.4, 0.5) is 9.18 Å². The summed E-state index contributed by atoms with van der Waals surface area (Å²) < 4.78 is 18.4. The molecule has 0 aliphatic carbocycles. The molecule has 0 aromatic heterocycles. The first kappa shape index (κ1) is 25.6. The van der Waals surface area contributed by atoms with E-state index < -0.39 is 23.8 Å². The van der Waals surface area contributed by atoms with Gasteiger partial charge in [-0.25, -0.2) is 24.2 Å². The number of carboxylic acid groups (broad SMARTS) is 2. The van der Waals surface area contributed by atoms with Crippen LogP contribution in [0, 0.1) is 12.7 Å². The van der Waals surface area contributed by atoms with Crippen molar-refractivity contribution in [3.63, 3.8) is 0 Å². The number of carbonyl (C=O) groups is 3. The molecule has 0 unspecified atom stereocenters. The molecule has 0 bridgehead atoms. The molecule has 9 nitrogen and oxygen atoms in total. The molecule has 2 rings (SSSR count). The Labute approximate surface area is 186 Å². The Morgan fingerprint density at radius 1 is 1.13 bits per heavy atom. The molecule has 0 aliphatic heterocycles. The highest BCUT2D eigenvalue weighted by atomic mass is 35.5. The average Bonchev–Trinajstić information content (AvgIpc) is 2.66. The Morgan fingerprint density at radius 3 is 2.23 bits per heavy atom. The third kappa shape index (κ3) is 7.39. The summed E-state index contributed by atoms with van der Waals surface area (Å²) >= 11 is 10.1. The minimum atomic E-state index is -1.32. The van der Waals surface area contributed by atoms with E-state index in [9.17, 15) is 23.9 Å². The van der Waals surface area contributed by atoms with Crippen LogP contribution >= 0.6 is 23.8 Å². The van der Waals surface area contributed by atoms with Crippen LogP contribution in [0.1, 0.15) is 33.2 Å². The number of aromatic carboxylic acids is 2. The topological polar surface area (TPSA) is 151 Å². The molecule has 6 N–H and O–H groups in total. The van der Waals surface area contributed by atoms with Gasteiger partial charge in [0.25, 0.3) is 0 Å². The molecule has 2 aromatic rings. The van der Waals surface area contributed by atoms with Gasteiger partial charge < -0.3 is 20.7 Å². The fourth-order valence-electron chi connectivity index (χ4n) is 2.43. The Hall–Kier alpha value is -3.44. The number of thiocarbonyl (C=S) groups is 1. The number of benzene rings is 2. The standard InChI is InChI=1S/C15H10ClFO4.C4H9N3O2S/c1-7-9(14(18)19)4-5-11(13(7)15(20)21)10-3-2-8(16)6-12(10)17;1-2-9-4(8)7-6-3(5)10/h2-6H,1H3,(H,18,19)(H,20,21);2H2,1H3,(H,7,8)(H3,5,6,10). The number of nitrogens with one attached hydrogen (secondary N) is 2. The molecule has 166 valence electrons. The van der Waals surface area contributed by atoms with Crippen LogP contribution in [0.3, 0.4) is 0 Å². The molecular weight excluding hydrogens is 453 g/mol. The van der Waals surface area contributed by atoms with Crippen molar-refractivity contribution in [1.82, 2.24) is 10.9 Å². The molecule has 12 heteroatoms. The fraction of sp³-hybridized carbons (Fsp3) is 0.158. The van der Waals surface area contributed by atoms with Crippen LogP contribution < -0.4 is 16.6 Å². The number of hydrogen-bond acceptors (Lipinski definition) is 5. The third-order valence-electron chi connectivity index (χ3n) is 3.69. The van der Waals surface area contributed by atoms with Crippen molar-refractivity contribution in [2.45, 2.75) is 13.8 Å². The SMILES string of the molecule is CCOC(=O)NNC(N)=S.Cc1c(C(=O)O)ccc(-c2ccc(Cl)cc2F)c1C(=O)O. The summed E-state index contributed by atoms with van der Waals surface area (Å²) in [6.45, 7) is 3.38. The Balaban J connectivity index is 0.000000407. The van der Waals surface area contributed by atoms with Gasteiger partial charge in [0.15, 0.2) is 5.11 Å². The average molecular weight is 472 g/mol. The zero-order chi connectivity index (χ0) is 23.7. The molecule has 0 spiro atoms. The third-order valence-corrected chi connectivity index (χ3v) is 4.03. The smallest absolute Gasteiger partial charge is 0.425 e. The molecule has 0 fully saturated rings. The molecule has 0 aliphatic rings. The van der Waals surface area contributed by atoms with Crippen LogP contribution in [0.2, 0.25) is 5.02 Å². The quantitative estimate of drug-likeness (QED) is 0.334. The summed E-state index contributed by atoms with van der Waals surface area (Å²) in [6, 6.07) is 6.41. The van der Waals surface area contributed by atoms with Crippen LogP contribution in [-0.2, 0) is 4.74 Å². The zero-order valence-corrected chi connectivity index (χ0v) is 17.9. The van der Waals surface area contributed by atoms with Gasteiger partial charge in [-0.3, -0.25) is 5.43 Å². The number of ether oxygens (including phenoxy) is 1. The van der Waals surface area contributed by atoms with Crippen molar-refractivity contribution in [2.24, 2.45) is 5.73 Å². The van der Waals surface area contributed by atoms with Crippen molar-refractivity contribution in [2.75, 3.05) is 6.61 Å². The number of halogens is 2. The second kappa shape index (κ2) is 11.7. The lowest BCUT2D eigenvalue weighted by molar-refractivity contribution is 0.0696. The van der Waals surface area contributed by atoms with Gasteiger partial charge >= 0.3 is 18.0 Å². The van der Waals surface area contributed by atoms with Gasteiger partial charge in [-0.15, -0.1) is 0 Å². The highest BCUT2D eigenvalue weighted by Crippen LogP contribution is 2.31. The molecule has 2 aromatic carbocycles. The highest BCUT2D eigenvalue weighted by molar-refractivity contribution is 7.80. The predicted molar refractivity (Wildman–Crippen MR) is 116 cm³/mol. The second-order valence-electron chi connectivity index (χ2n) is 5.73. The van der Waals surface area contributed by atoms with Crippen molar-refractivity contribution in [3.05, 3.63) is 57.9 Å². The van der Waals surface area contributed by atoms with Gasteiger partial charge in [0.1, 0.15) is 5.82 Å². The first-order valence-electron chi connectivity index (χ1n) is 8.53. The highest BCUT2D eigenvalue weighted by Gasteiger charge is 2.21. The summed E-state index contributed by atoms with van der Waals surface area (Å²) in [6.07, 6.45) is -0.602. The zero-order valence-electron chi connectivity index (χ0n) is 16.4. The maximum atomic E-state index is 14.0. The lowest BCUT2D eigenvalue weighted by atomic mass is 9.92. The Kier molecular flexibility index (Phi) is 9.64. The van der Waals surface area contributed by atoms with E-state index >= 15 is 0 Å². The predicted octanol–water partition coefficient (Wildman–Crippen LogP) is 3.33. The van der Waals surface area contributed by atoms with Crippen LogP contribution in [-0.4, -0.2) is 40.0 Å². The summed E-state index contributed by atoms with van der Waals surface area (Å²) in [4.78, 5) is 32.9. The van der Waals surface area contributed by atoms with Crippen molar-refractivity contribution in [1.29, 1.82) is 0 Å². The number of hydrazine groups is 1. The molecule has 0 saturated heterocycles. The molecule has 31 heavy (non-hydrogen) atoms. The van der Waals surface area contributed by atoms with Gasteiger partial charge in [-0.2, -0.15) is 0 Å². The van der Waals surface area contributed by atoms with Gasteiger partial charge in [0, 0.05) is 10.6 Å². The number of amides is 1. The molecule has 1 amide bonds. The molecule has 0 saturated carbocycles. The van der Waals surface area contributed by atoms with Gasteiger partial charge in [0.2, 0.25) is 0 Å². The number of carboxylic acids is 2. The monoisotopic (exact) mass is 471 g/mol. The number of hydrogen-bond donors (Lipinski definition) is 5. The lowest BCUT2D eigenvalue weighted by Crippen LogP contribution is -2.44. The molecule has 0 radical (unpaired) electrons. The van der Waals surface area contributed by atoms with E-state index in [0.717, 1.165) is 6.07 Å². The summed E-state index contributed by atoms with van der Waals surface area (Å²) in [5, 5.41) is 18.5. The van der Waals surface area contributed by atoms with E-state index in [2.05, 4.69) is 27.8 Å². The molecular formula is C19H19ClFN3O6S. The maximum absolute atomic E-state index is 14.0. The summed E-state index contributed by atoms with van der Waals surface area (Å²) in [5.41, 5.74) is 9.17. The van der Waals surface area contributed by atoms with Gasteiger partial charge in [-0.05, 0) is 61.5 Å². The first-order valence-corrected chi connectivity index (χ1v) is 9.32. The van der Waals surface area contributed by atoms with Crippen LogP contribution in [0.15, 0.2) is 30.3 Å². The van der Waals surface area contributed by atoms with Crippen LogP contribution in [0.25, 0.3) is 11.1 Å². The van der Waals surface area contributed by atoms with Crippen molar-refractivity contribution >= 4 is 47.0 Å². The second-order valence-corrected chi connectivity index (χ2v) is 6.61. The van der Waals surface area contributed by atoms with Crippen molar-refractivity contribution < 1.29 is 33.7 Å². The number of rotatable bonds is 4.